The quantitative estimate of drug-likeness (QED) is 0.779. The second-order valence-corrected chi connectivity index (χ2v) is 9.42. The maximum absolute atomic E-state index is 12.4. The number of rotatable bonds is 6. The summed E-state index contributed by atoms with van der Waals surface area (Å²) in [6, 6.07) is 6.33. The molecule has 28 heavy (non-hydrogen) atoms. The van der Waals surface area contributed by atoms with Gasteiger partial charge in [0.05, 0.1) is 16.1 Å². The van der Waals surface area contributed by atoms with E-state index in [1.807, 2.05) is 29.5 Å². The van der Waals surface area contributed by atoms with E-state index >= 15 is 0 Å². The predicted molar refractivity (Wildman–Crippen MR) is 106 cm³/mol. The van der Waals surface area contributed by atoms with Gasteiger partial charge in [-0.3, -0.25) is 9.59 Å². The van der Waals surface area contributed by atoms with Crippen molar-refractivity contribution in [1.82, 2.24) is 4.72 Å². The smallest absolute Gasteiger partial charge is 0.264 e. The van der Waals surface area contributed by atoms with Crippen LogP contribution in [0.4, 0.5) is 5.69 Å². The van der Waals surface area contributed by atoms with Gasteiger partial charge in [-0.15, -0.1) is 0 Å². The van der Waals surface area contributed by atoms with E-state index in [2.05, 4.69) is 0 Å². The van der Waals surface area contributed by atoms with Gasteiger partial charge in [0, 0.05) is 30.8 Å². The van der Waals surface area contributed by atoms with Crippen LogP contribution in [0.3, 0.4) is 0 Å². The number of Topliss-reactive ketones (excluding diaryl/α,β-unsaturated/α-hetero) is 1. The Hall–Kier alpha value is -2.40. The summed E-state index contributed by atoms with van der Waals surface area (Å²) in [5.74, 6) is -0.759. The first-order valence-electron chi connectivity index (χ1n) is 9.46. The molecule has 7 nitrogen and oxygen atoms in total. The minimum absolute atomic E-state index is 0.0109. The van der Waals surface area contributed by atoms with E-state index in [1.54, 1.807) is 19.9 Å². The van der Waals surface area contributed by atoms with Gasteiger partial charge in [0.1, 0.15) is 11.9 Å². The second kappa shape index (κ2) is 8.74. The summed E-state index contributed by atoms with van der Waals surface area (Å²) in [5.41, 5.74) is 0.876. The first-order valence-corrected chi connectivity index (χ1v) is 10.9. The first kappa shape index (κ1) is 21.9. The average Bonchev–Trinajstić information content (AvgIpc) is 2.66. The van der Waals surface area contributed by atoms with Crippen molar-refractivity contribution in [2.75, 3.05) is 18.0 Å². The van der Waals surface area contributed by atoms with Crippen LogP contribution in [0.1, 0.15) is 46.1 Å². The normalized spacial score (nSPS) is 15.5. The van der Waals surface area contributed by atoms with E-state index in [1.165, 1.54) is 12.1 Å². The van der Waals surface area contributed by atoms with E-state index in [4.69, 9.17) is 0 Å². The lowest BCUT2D eigenvalue weighted by Crippen LogP contribution is -2.38. The molecule has 1 fully saturated rings. The molecule has 1 saturated heterocycles. The molecule has 152 valence electrons. The van der Waals surface area contributed by atoms with Crippen LogP contribution in [0.25, 0.3) is 0 Å². The molecule has 1 aromatic rings. The molecule has 0 atom stereocenters. The number of nitriles is 1. The summed E-state index contributed by atoms with van der Waals surface area (Å²) < 4.78 is 26.8. The van der Waals surface area contributed by atoms with Gasteiger partial charge < -0.3 is 4.90 Å². The summed E-state index contributed by atoms with van der Waals surface area (Å²) in [4.78, 5) is 25.8. The molecule has 0 aliphatic carbocycles. The predicted octanol–water partition coefficient (Wildman–Crippen LogP) is 2.46. The SMILES string of the molecule is CC(C)C(=O)NS(=O)(=O)c1ccc(N2CCC(C(=O)C(C)C)CC2)c(C#N)c1. The average molecular weight is 406 g/mol. The number of carbonyl (C=O) groups excluding carboxylic acids is 2. The molecule has 1 aliphatic heterocycles. The topological polar surface area (TPSA) is 107 Å². The van der Waals surface area contributed by atoms with Gasteiger partial charge in [-0.1, -0.05) is 27.7 Å². The van der Waals surface area contributed by atoms with E-state index in [0.717, 1.165) is 0 Å². The van der Waals surface area contributed by atoms with Crippen molar-refractivity contribution < 1.29 is 18.0 Å². The lowest BCUT2D eigenvalue weighted by atomic mass is 9.87. The fraction of sp³-hybridized carbons (Fsp3) is 0.550. The van der Waals surface area contributed by atoms with Crippen LogP contribution in [-0.4, -0.2) is 33.2 Å². The molecule has 8 heteroatoms. The molecule has 1 heterocycles. The summed E-state index contributed by atoms with van der Waals surface area (Å²) in [5, 5.41) is 9.51. The van der Waals surface area contributed by atoms with Crippen molar-refractivity contribution in [2.24, 2.45) is 17.8 Å². The monoisotopic (exact) mass is 405 g/mol. The fourth-order valence-corrected chi connectivity index (χ4v) is 4.37. The van der Waals surface area contributed by atoms with Crippen molar-refractivity contribution in [3.8, 4) is 6.07 Å². The van der Waals surface area contributed by atoms with Crippen molar-refractivity contribution >= 4 is 27.4 Å². The largest absolute Gasteiger partial charge is 0.370 e. The Balaban J connectivity index is 2.20. The van der Waals surface area contributed by atoms with Gasteiger partial charge >= 0.3 is 0 Å². The summed E-state index contributed by atoms with van der Waals surface area (Å²) >= 11 is 0. The molecule has 1 amide bonds. The number of hydrogen-bond acceptors (Lipinski definition) is 6. The zero-order valence-electron chi connectivity index (χ0n) is 16.7. The zero-order chi connectivity index (χ0) is 21.1. The van der Waals surface area contributed by atoms with Gasteiger partial charge in [0.15, 0.2) is 0 Å². The van der Waals surface area contributed by atoms with Crippen molar-refractivity contribution in [3.63, 3.8) is 0 Å². The molecule has 0 bridgehead atoms. The van der Waals surface area contributed by atoms with Crippen molar-refractivity contribution in [2.45, 2.75) is 45.4 Å². The number of anilines is 1. The highest BCUT2D eigenvalue weighted by molar-refractivity contribution is 7.90. The van der Waals surface area contributed by atoms with Crippen LogP contribution in [-0.2, 0) is 19.6 Å². The van der Waals surface area contributed by atoms with E-state index in [-0.39, 0.29) is 28.1 Å². The number of hydrogen-bond donors (Lipinski definition) is 1. The van der Waals surface area contributed by atoms with Crippen LogP contribution in [0.15, 0.2) is 23.1 Å². The summed E-state index contributed by atoms with van der Waals surface area (Å²) in [6.07, 6.45) is 1.43. The van der Waals surface area contributed by atoms with Gasteiger partial charge in [0.2, 0.25) is 5.91 Å². The third kappa shape index (κ3) is 4.90. The van der Waals surface area contributed by atoms with Gasteiger partial charge in [-0.25, -0.2) is 13.1 Å². The number of sulfonamides is 1. The Labute approximate surface area is 166 Å². The van der Waals surface area contributed by atoms with Crippen LogP contribution in [0.2, 0.25) is 0 Å². The fourth-order valence-electron chi connectivity index (χ4n) is 3.23. The molecular formula is C20H27N3O4S. The number of piperidine rings is 1. The molecule has 0 aromatic heterocycles. The van der Waals surface area contributed by atoms with Crippen LogP contribution >= 0.6 is 0 Å². The summed E-state index contributed by atoms with van der Waals surface area (Å²) in [6.45, 7) is 8.27. The van der Waals surface area contributed by atoms with Crippen molar-refractivity contribution in [1.29, 1.82) is 5.26 Å². The maximum atomic E-state index is 12.4. The second-order valence-electron chi connectivity index (χ2n) is 7.73. The Morgan fingerprint density at radius 2 is 1.75 bits per heavy atom. The van der Waals surface area contributed by atoms with Crippen molar-refractivity contribution in [3.05, 3.63) is 23.8 Å². The minimum Gasteiger partial charge on any atom is -0.370 e. The van der Waals surface area contributed by atoms with Crippen LogP contribution in [0, 0.1) is 29.1 Å². The van der Waals surface area contributed by atoms with Crippen LogP contribution < -0.4 is 9.62 Å². The lowest BCUT2D eigenvalue weighted by molar-refractivity contribution is -0.126. The Kier molecular flexibility index (Phi) is 6.83. The Bertz CT molecular complexity index is 893. The number of benzene rings is 1. The van der Waals surface area contributed by atoms with Crippen LogP contribution in [0.5, 0.6) is 0 Å². The lowest BCUT2D eigenvalue weighted by Gasteiger charge is -2.34. The number of nitrogens with one attached hydrogen (secondary N) is 1. The number of nitrogens with zero attached hydrogens (tertiary/aromatic N) is 2. The van der Waals surface area contributed by atoms with Gasteiger partial charge in [0.25, 0.3) is 10.0 Å². The van der Waals surface area contributed by atoms with E-state index < -0.39 is 21.8 Å². The molecule has 2 rings (SSSR count). The molecular weight excluding hydrogens is 378 g/mol. The molecule has 1 aliphatic rings. The highest BCUT2D eigenvalue weighted by Crippen LogP contribution is 2.29. The highest BCUT2D eigenvalue weighted by atomic mass is 32.2. The molecule has 0 saturated carbocycles. The first-order chi connectivity index (χ1) is 13.1. The zero-order valence-corrected chi connectivity index (χ0v) is 17.5. The standard InChI is InChI=1S/C20H27N3O4S/c1-13(2)19(24)15-7-9-23(10-8-15)18-6-5-17(11-16(18)12-21)28(26,27)22-20(25)14(3)4/h5-6,11,13-15H,7-10H2,1-4H3,(H,22,25). The number of ketones is 1. The van der Waals surface area contributed by atoms with Gasteiger partial charge in [-0.05, 0) is 31.0 Å². The number of amides is 1. The molecule has 0 radical (unpaired) electrons. The summed E-state index contributed by atoms with van der Waals surface area (Å²) in [7, 11) is -4.03. The van der Waals surface area contributed by atoms with E-state index in [9.17, 15) is 23.3 Å². The minimum atomic E-state index is -4.03. The molecule has 1 aromatic carbocycles. The third-order valence-corrected chi connectivity index (χ3v) is 6.31. The Morgan fingerprint density at radius 3 is 2.25 bits per heavy atom. The van der Waals surface area contributed by atoms with Gasteiger partial charge in [-0.2, -0.15) is 5.26 Å². The number of carbonyl (C=O) groups is 2. The molecule has 0 unspecified atom stereocenters. The molecule has 0 spiro atoms. The third-order valence-electron chi connectivity index (χ3n) is 4.97. The maximum Gasteiger partial charge on any atom is 0.264 e. The Morgan fingerprint density at radius 1 is 1.14 bits per heavy atom. The molecule has 1 N–H and O–H groups in total. The highest BCUT2D eigenvalue weighted by Gasteiger charge is 2.28. The van der Waals surface area contributed by atoms with E-state index in [0.29, 0.717) is 31.6 Å².